The SMILES string of the molecule is CC(C)C1CCN(c2ncc(C#N)cc2N)CC1. The van der Waals surface area contributed by atoms with Gasteiger partial charge in [0.2, 0.25) is 0 Å². The first kappa shape index (κ1) is 12.7. The van der Waals surface area contributed by atoms with Crippen molar-refractivity contribution in [3.8, 4) is 6.07 Å². The highest BCUT2D eigenvalue weighted by Crippen LogP contribution is 2.29. The zero-order chi connectivity index (χ0) is 13.1. The summed E-state index contributed by atoms with van der Waals surface area (Å²) in [6.45, 7) is 6.58. The summed E-state index contributed by atoms with van der Waals surface area (Å²) < 4.78 is 0. The fourth-order valence-electron chi connectivity index (χ4n) is 2.58. The van der Waals surface area contributed by atoms with Crippen LogP contribution in [-0.2, 0) is 0 Å². The molecule has 18 heavy (non-hydrogen) atoms. The summed E-state index contributed by atoms with van der Waals surface area (Å²) in [5.41, 5.74) is 7.10. The average Bonchev–Trinajstić information content (AvgIpc) is 2.38. The molecule has 1 aromatic rings. The predicted molar refractivity (Wildman–Crippen MR) is 73.1 cm³/mol. The minimum atomic E-state index is 0.522. The molecule has 0 amide bonds. The monoisotopic (exact) mass is 244 g/mol. The first-order chi connectivity index (χ1) is 8.61. The summed E-state index contributed by atoms with van der Waals surface area (Å²) in [5.74, 6) is 2.38. The van der Waals surface area contributed by atoms with E-state index in [0.717, 1.165) is 30.7 Å². The van der Waals surface area contributed by atoms with Crippen LogP contribution in [-0.4, -0.2) is 18.1 Å². The lowest BCUT2D eigenvalue weighted by Crippen LogP contribution is -2.36. The Kier molecular flexibility index (Phi) is 3.71. The number of hydrogen-bond acceptors (Lipinski definition) is 4. The molecule has 0 spiro atoms. The summed E-state index contributed by atoms with van der Waals surface area (Å²) in [5, 5.41) is 8.80. The third-order valence-electron chi connectivity index (χ3n) is 3.81. The van der Waals surface area contributed by atoms with Gasteiger partial charge in [0.1, 0.15) is 6.07 Å². The van der Waals surface area contributed by atoms with Crippen molar-refractivity contribution in [2.75, 3.05) is 23.7 Å². The molecule has 0 saturated carbocycles. The molecular formula is C14H20N4. The van der Waals surface area contributed by atoms with Crippen LogP contribution in [0.15, 0.2) is 12.3 Å². The molecule has 96 valence electrons. The molecule has 2 N–H and O–H groups in total. The smallest absolute Gasteiger partial charge is 0.151 e. The van der Waals surface area contributed by atoms with Crippen LogP contribution in [0.5, 0.6) is 0 Å². The standard InChI is InChI=1S/C14H20N4/c1-10(2)12-3-5-18(6-4-12)14-13(16)7-11(8-15)9-17-14/h7,9-10,12H,3-6,16H2,1-2H3. The molecule has 1 saturated heterocycles. The minimum Gasteiger partial charge on any atom is -0.396 e. The van der Waals surface area contributed by atoms with Crippen LogP contribution < -0.4 is 10.6 Å². The third-order valence-corrected chi connectivity index (χ3v) is 3.81. The van der Waals surface area contributed by atoms with Crippen LogP contribution in [0.1, 0.15) is 32.3 Å². The van der Waals surface area contributed by atoms with Gasteiger partial charge in [-0.25, -0.2) is 4.98 Å². The van der Waals surface area contributed by atoms with E-state index in [-0.39, 0.29) is 0 Å². The maximum absolute atomic E-state index is 8.80. The van der Waals surface area contributed by atoms with E-state index in [1.54, 1.807) is 12.3 Å². The van der Waals surface area contributed by atoms with E-state index in [1.165, 1.54) is 12.8 Å². The van der Waals surface area contributed by atoms with Crippen molar-refractivity contribution in [3.63, 3.8) is 0 Å². The molecule has 0 unspecified atom stereocenters. The number of nitrogen functional groups attached to an aromatic ring is 1. The molecule has 0 aliphatic carbocycles. The molecule has 0 aromatic carbocycles. The van der Waals surface area contributed by atoms with E-state index in [2.05, 4.69) is 29.8 Å². The molecule has 2 rings (SSSR count). The van der Waals surface area contributed by atoms with Crippen molar-refractivity contribution in [1.82, 2.24) is 4.98 Å². The number of anilines is 2. The molecule has 4 heteroatoms. The number of nitrogens with two attached hydrogens (primary N) is 1. The van der Waals surface area contributed by atoms with E-state index in [0.29, 0.717) is 11.3 Å². The van der Waals surface area contributed by atoms with E-state index in [1.807, 2.05) is 0 Å². The number of pyridine rings is 1. The summed E-state index contributed by atoms with van der Waals surface area (Å²) in [6, 6.07) is 3.76. The summed E-state index contributed by atoms with van der Waals surface area (Å²) in [7, 11) is 0. The molecule has 1 fully saturated rings. The Labute approximate surface area is 108 Å². The van der Waals surface area contributed by atoms with Gasteiger partial charge >= 0.3 is 0 Å². The maximum atomic E-state index is 8.80. The van der Waals surface area contributed by atoms with Crippen LogP contribution in [0.3, 0.4) is 0 Å². The van der Waals surface area contributed by atoms with Crippen LogP contribution >= 0.6 is 0 Å². The van der Waals surface area contributed by atoms with Gasteiger partial charge in [0.25, 0.3) is 0 Å². The normalized spacial score (nSPS) is 16.9. The molecule has 1 aliphatic rings. The Morgan fingerprint density at radius 1 is 1.44 bits per heavy atom. The molecule has 2 heterocycles. The molecule has 0 radical (unpaired) electrons. The van der Waals surface area contributed by atoms with Crippen LogP contribution in [0.4, 0.5) is 11.5 Å². The zero-order valence-corrected chi connectivity index (χ0v) is 11.1. The van der Waals surface area contributed by atoms with Gasteiger partial charge in [-0.1, -0.05) is 13.8 Å². The fraction of sp³-hybridized carbons (Fsp3) is 0.571. The number of hydrogen-bond donors (Lipinski definition) is 1. The average molecular weight is 244 g/mol. The molecular weight excluding hydrogens is 224 g/mol. The van der Waals surface area contributed by atoms with Crippen LogP contribution in [0.25, 0.3) is 0 Å². The van der Waals surface area contributed by atoms with Crippen molar-refractivity contribution in [2.45, 2.75) is 26.7 Å². The van der Waals surface area contributed by atoms with Crippen molar-refractivity contribution in [1.29, 1.82) is 5.26 Å². The van der Waals surface area contributed by atoms with Gasteiger partial charge in [-0.05, 0) is 30.7 Å². The van der Waals surface area contributed by atoms with Gasteiger partial charge in [0, 0.05) is 19.3 Å². The quantitative estimate of drug-likeness (QED) is 0.867. The number of rotatable bonds is 2. The summed E-state index contributed by atoms with van der Waals surface area (Å²) in [4.78, 5) is 6.55. The Morgan fingerprint density at radius 2 is 2.11 bits per heavy atom. The van der Waals surface area contributed by atoms with Gasteiger partial charge < -0.3 is 10.6 Å². The van der Waals surface area contributed by atoms with Crippen molar-refractivity contribution < 1.29 is 0 Å². The summed E-state index contributed by atoms with van der Waals surface area (Å²) in [6.07, 6.45) is 3.98. The topological polar surface area (TPSA) is 65.9 Å². The van der Waals surface area contributed by atoms with E-state index in [9.17, 15) is 0 Å². The fourth-order valence-corrected chi connectivity index (χ4v) is 2.58. The highest BCUT2D eigenvalue weighted by Gasteiger charge is 2.23. The number of piperidine rings is 1. The van der Waals surface area contributed by atoms with Crippen LogP contribution in [0.2, 0.25) is 0 Å². The second kappa shape index (κ2) is 5.26. The number of aromatic nitrogens is 1. The van der Waals surface area contributed by atoms with Gasteiger partial charge in [-0.15, -0.1) is 0 Å². The number of nitrogens with zero attached hydrogens (tertiary/aromatic N) is 3. The maximum Gasteiger partial charge on any atom is 0.151 e. The second-order valence-corrected chi connectivity index (χ2v) is 5.32. The molecule has 1 aromatic heterocycles. The Hall–Kier alpha value is -1.76. The van der Waals surface area contributed by atoms with Gasteiger partial charge in [0.15, 0.2) is 5.82 Å². The van der Waals surface area contributed by atoms with E-state index in [4.69, 9.17) is 11.0 Å². The van der Waals surface area contributed by atoms with Crippen molar-refractivity contribution >= 4 is 11.5 Å². The van der Waals surface area contributed by atoms with Crippen molar-refractivity contribution in [3.05, 3.63) is 17.8 Å². The van der Waals surface area contributed by atoms with E-state index >= 15 is 0 Å². The third kappa shape index (κ3) is 2.56. The Balaban J connectivity index is 2.08. The van der Waals surface area contributed by atoms with E-state index < -0.39 is 0 Å². The highest BCUT2D eigenvalue weighted by molar-refractivity contribution is 5.64. The lowest BCUT2D eigenvalue weighted by molar-refractivity contribution is 0.311. The van der Waals surface area contributed by atoms with Gasteiger partial charge in [0.05, 0.1) is 11.3 Å². The van der Waals surface area contributed by atoms with Crippen molar-refractivity contribution in [2.24, 2.45) is 11.8 Å². The first-order valence-corrected chi connectivity index (χ1v) is 6.52. The second-order valence-electron chi connectivity index (χ2n) is 5.32. The van der Waals surface area contributed by atoms with Crippen LogP contribution in [0, 0.1) is 23.2 Å². The lowest BCUT2D eigenvalue weighted by Gasteiger charge is -2.35. The largest absolute Gasteiger partial charge is 0.396 e. The highest BCUT2D eigenvalue weighted by atomic mass is 15.2. The molecule has 0 bridgehead atoms. The first-order valence-electron chi connectivity index (χ1n) is 6.52. The Morgan fingerprint density at radius 3 is 2.61 bits per heavy atom. The summed E-state index contributed by atoms with van der Waals surface area (Å²) >= 11 is 0. The zero-order valence-electron chi connectivity index (χ0n) is 11.1. The predicted octanol–water partition coefficient (Wildman–Crippen LogP) is 2.41. The molecule has 1 aliphatic heterocycles. The molecule has 0 atom stereocenters. The van der Waals surface area contributed by atoms with Gasteiger partial charge in [-0.3, -0.25) is 0 Å². The number of nitriles is 1. The molecule has 4 nitrogen and oxygen atoms in total. The lowest BCUT2D eigenvalue weighted by atomic mass is 9.87. The van der Waals surface area contributed by atoms with Gasteiger partial charge in [-0.2, -0.15) is 5.26 Å². The minimum absolute atomic E-state index is 0.522. The Bertz CT molecular complexity index is 453.